The van der Waals surface area contributed by atoms with Gasteiger partial charge in [-0.25, -0.2) is 0 Å². The van der Waals surface area contributed by atoms with Crippen LogP contribution in [0.5, 0.6) is 0 Å². The average molecular weight is 620 g/mol. The maximum atomic E-state index is 12.4. The second kappa shape index (κ2) is 13.6. The van der Waals surface area contributed by atoms with Gasteiger partial charge in [0.15, 0.2) is 5.65 Å². The predicted molar refractivity (Wildman–Crippen MR) is 183 cm³/mol. The molecule has 238 valence electrons. The van der Waals surface area contributed by atoms with E-state index >= 15 is 0 Å². The van der Waals surface area contributed by atoms with Crippen LogP contribution in [0.2, 0.25) is 0 Å². The molecule has 1 aliphatic carbocycles. The summed E-state index contributed by atoms with van der Waals surface area (Å²) in [4.78, 5) is 28.8. The maximum Gasteiger partial charge on any atom is 0.248 e. The molecule has 46 heavy (non-hydrogen) atoms. The molecule has 0 bridgehead atoms. The number of aliphatic hydroxyl groups excluding tert-OH is 1. The molecule has 11 nitrogen and oxygen atoms in total. The minimum Gasteiger partial charge on any atom is -0.393 e. The standard InChI is InChI=1S/C35H41N9O2/c1-22(2)30-21-38-44-33(30)41-34(40-26-11-13-27(45)19-26)42-35(44)37-20-24-8-5-6-9-28(24)32-29-14-12-25(18-23(29)15-16-36-32)39-31(46)10-7-17-43(3)4/h5-10,12,14-16,18,21-22,26-27,45H,11,13,17,19-20H2,1-4H3,(H,39,46)(H2,37,40,41,42)/b10-7+/t26-,27-/m0/s1. The fourth-order valence-corrected chi connectivity index (χ4v) is 5.86. The second-order valence-electron chi connectivity index (χ2n) is 12.4. The van der Waals surface area contributed by atoms with Crippen molar-refractivity contribution < 1.29 is 9.90 Å². The minimum atomic E-state index is -0.292. The van der Waals surface area contributed by atoms with Gasteiger partial charge in [0.25, 0.3) is 0 Å². The summed E-state index contributed by atoms with van der Waals surface area (Å²) in [6.45, 7) is 5.42. The van der Waals surface area contributed by atoms with Crippen molar-refractivity contribution >= 4 is 39.9 Å². The Balaban J connectivity index is 1.27. The predicted octanol–water partition coefficient (Wildman–Crippen LogP) is 5.46. The average Bonchev–Trinajstić information content (AvgIpc) is 3.65. The van der Waals surface area contributed by atoms with Crippen molar-refractivity contribution in [2.45, 2.75) is 57.7 Å². The lowest BCUT2D eigenvalue weighted by Crippen LogP contribution is -2.20. The van der Waals surface area contributed by atoms with Crippen LogP contribution in [0.3, 0.4) is 0 Å². The Kier molecular flexibility index (Phi) is 9.23. The Morgan fingerprint density at radius 3 is 2.76 bits per heavy atom. The molecule has 11 heteroatoms. The lowest BCUT2D eigenvalue weighted by atomic mass is 9.99. The van der Waals surface area contributed by atoms with Crippen LogP contribution in [0, 0.1) is 0 Å². The molecule has 6 rings (SSSR count). The molecule has 1 aliphatic rings. The van der Waals surface area contributed by atoms with Gasteiger partial charge in [-0.1, -0.05) is 50.3 Å². The number of aliphatic hydroxyl groups is 1. The van der Waals surface area contributed by atoms with E-state index in [4.69, 9.17) is 15.0 Å². The topological polar surface area (TPSA) is 133 Å². The molecule has 0 saturated heterocycles. The molecule has 5 aromatic rings. The number of carbonyl (C=O) groups excluding carboxylic acids is 1. The van der Waals surface area contributed by atoms with E-state index in [1.807, 2.05) is 67.7 Å². The SMILES string of the molecule is CC(C)c1cnn2c(NCc3ccccc3-c3nccc4cc(NC(=O)/C=C/CN(C)C)ccc34)nc(N[C@H]3CC[C@H](O)C3)nc12. The summed E-state index contributed by atoms with van der Waals surface area (Å²) in [5.41, 5.74) is 5.42. The number of nitrogens with zero attached hydrogens (tertiary/aromatic N) is 6. The number of carbonyl (C=O) groups is 1. The number of nitrogens with one attached hydrogen (secondary N) is 3. The molecular formula is C35H41N9O2. The van der Waals surface area contributed by atoms with E-state index in [1.54, 1.807) is 16.8 Å². The first kappa shape index (κ1) is 31.1. The highest BCUT2D eigenvalue weighted by molar-refractivity contribution is 6.02. The van der Waals surface area contributed by atoms with Crippen LogP contribution in [0.25, 0.3) is 27.7 Å². The molecule has 0 aliphatic heterocycles. The number of hydrogen-bond donors (Lipinski definition) is 4. The maximum absolute atomic E-state index is 12.4. The number of fused-ring (bicyclic) bond motifs is 2. The number of likely N-dealkylation sites (N-methyl/N-ethyl adjacent to an activating group) is 1. The van der Waals surface area contributed by atoms with Gasteiger partial charge in [-0.15, -0.1) is 0 Å². The van der Waals surface area contributed by atoms with Crippen LogP contribution < -0.4 is 16.0 Å². The summed E-state index contributed by atoms with van der Waals surface area (Å²) >= 11 is 0. The highest BCUT2D eigenvalue weighted by atomic mass is 16.3. The molecule has 0 radical (unpaired) electrons. The number of rotatable bonds is 11. The molecule has 3 aromatic heterocycles. The first-order valence-electron chi connectivity index (χ1n) is 15.8. The summed E-state index contributed by atoms with van der Waals surface area (Å²) in [6.07, 6.45) is 9.09. The molecule has 1 amide bonds. The summed E-state index contributed by atoms with van der Waals surface area (Å²) in [5, 5.41) is 26.5. The van der Waals surface area contributed by atoms with Gasteiger partial charge in [0.2, 0.25) is 17.8 Å². The van der Waals surface area contributed by atoms with E-state index in [1.165, 1.54) is 0 Å². The third-order valence-corrected chi connectivity index (χ3v) is 8.24. The van der Waals surface area contributed by atoms with Gasteiger partial charge in [0.05, 0.1) is 18.0 Å². The van der Waals surface area contributed by atoms with Gasteiger partial charge in [0.1, 0.15) is 0 Å². The number of pyridine rings is 1. The van der Waals surface area contributed by atoms with Crippen molar-refractivity contribution in [2.24, 2.45) is 0 Å². The summed E-state index contributed by atoms with van der Waals surface area (Å²) in [7, 11) is 3.92. The largest absolute Gasteiger partial charge is 0.393 e. The van der Waals surface area contributed by atoms with Crippen molar-refractivity contribution in [3.63, 3.8) is 0 Å². The highest BCUT2D eigenvalue weighted by Crippen LogP contribution is 2.32. The third kappa shape index (κ3) is 7.00. The fourth-order valence-electron chi connectivity index (χ4n) is 5.86. The lowest BCUT2D eigenvalue weighted by molar-refractivity contribution is -0.111. The van der Waals surface area contributed by atoms with Crippen molar-refractivity contribution in [1.82, 2.24) is 29.5 Å². The second-order valence-corrected chi connectivity index (χ2v) is 12.4. The first-order valence-corrected chi connectivity index (χ1v) is 15.8. The molecule has 2 aromatic carbocycles. The van der Waals surface area contributed by atoms with E-state index in [0.717, 1.165) is 57.3 Å². The molecular weight excluding hydrogens is 578 g/mol. The van der Waals surface area contributed by atoms with Crippen LogP contribution in [-0.4, -0.2) is 73.3 Å². The van der Waals surface area contributed by atoms with Crippen LogP contribution in [0.15, 0.2) is 73.1 Å². The Hall–Kier alpha value is -4.87. The fraction of sp³-hybridized carbons (Fsp3) is 0.343. The van der Waals surface area contributed by atoms with Crippen molar-refractivity contribution in [2.75, 3.05) is 36.6 Å². The molecule has 4 N–H and O–H groups in total. The van der Waals surface area contributed by atoms with Gasteiger partial charge in [-0.2, -0.15) is 19.6 Å². The van der Waals surface area contributed by atoms with Gasteiger partial charge in [-0.3, -0.25) is 9.78 Å². The van der Waals surface area contributed by atoms with Crippen molar-refractivity contribution in [1.29, 1.82) is 0 Å². The molecule has 1 saturated carbocycles. The number of hydrogen-bond acceptors (Lipinski definition) is 9. The Labute approximate surface area is 268 Å². The Morgan fingerprint density at radius 1 is 1.13 bits per heavy atom. The normalized spacial score (nSPS) is 16.7. The molecule has 0 unspecified atom stereocenters. The monoisotopic (exact) mass is 619 g/mol. The van der Waals surface area contributed by atoms with Crippen LogP contribution >= 0.6 is 0 Å². The number of amides is 1. The zero-order valence-electron chi connectivity index (χ0n) is 26.7. The molecule has 1 fully saturated rings. The van der Waals surface area contributed by atoms with E-state index < -0.39 is 0 Å². The Bertz CT molecular complexity index is 1880. The number of anilines is 3. The summed E-state index contributed by atoms with van der Waals surface area (Å²) < 4.78 is 1.76. The van der Waals surface area contributed by atoms with Gasteiger partial charge >= 0.3 is 0 Å². The third-order valence-electron chi connectivity index (χ3n) is 8.24. The summed E-state index contributed by atoms with van der Waals surface area (Å²) in [5.74, 6) is 1.19. The van der Waals surface area contributed by atoms with Gasteiger partial charge < -0.3 is 26.0 Å². The lowest BCUT2D eigenvalue weighted by Gasteiger charge is -2.16. The van der Waals surface area contributed by atoms with Crippen molar-refractivity contribution in [3.05, 3.63) is 84.2 Å². The van der Waals surface area contributed by atoms with E-state index in [0.29, 0.717) is 31.4 Å². The minimum absolute atomic E-state index is 0.127. The van der Waals surface area contributed by atoms with Crippen LogP contribution in [0.4, 0.5) is 17.6 Å². The molecule has 3 heterocycles. The summed E-state index contributed by atoms with van der Waals surface area (Å²) in [6, 6.07) is 16.1. The first-order chi connectivity index (χ1) is 22.2. The van der Waals surface area contributed by atoms with Gasteiger partial charge in [0, 0.05) is 53.6 Å². The number of benzene rings is 2. The zero-order valence-corrected chi connectivity index (χ0v) is 26.7. The van der Waals surface area contributed by atoms with Crippen LogP contribution in [0.1, 0.15) is 50.2 Å². The van der Waals surface area contributed by atoms with E-state index in [9.17, 15) is 9.90 Å². The van der Waals surface area contributed by atoms with Crippen molar-refractivity contribution in [3.8, 4) is 11.3 Å². The number of aromatic nitrogens is 5. The van der Waals surface area contributed by atoms with E-state index in [2.05, 4.69) is 47.0 Å². The van der Waals surface area contributed by atoms with Crippen LogP contribution in [-0.2, 0) is 11.3 Å². The smallest absolute Gasteiger partial charge is 0.248 e. The van der Waals surface area contributed by atoms with Gasteiger partial charge in [-0.05, 0) is 68.4 Å². The molecule has 2 atom stereocenters. The molecule has 0 spiro atoms. The van der Waals surface area contributed by atoms with E-state index in [-0.39, 0.29) is 24.0 Å². The Morgan fingerprint density at radius 2 is 1.98 bits per heavy atom. The zero-order chi connectivity index (χ0) is 32.2. The highest BCUT2D eigenvalue weighted by Gasteiger charge is 2.24. The quantitative estimate of drug-likeness (QED) is 0.142.